The lowest BCUT2D eigenvalue weighted by Gasteiger charge is -2.36. The van der Waals surface area contributed by atoms with Crippen LogP contribution in [-0.4, -0.2) is 23.3 Å². The Morgan fingerprint density at radius 2 is 1.85 bits per heavy atom. The number of hydrogen-bond acceptors (Lipinski definition) is 2. The lowest BCUT2D eigenvalue weighted by molar-refractivity contribution is 0.137. The molecule has 2 heteroatoms. The molecule has 2 unspecified atom stereocenters. The molecular weight excluding hydrogens is 162 g/mol. The maximum Gasteiger partial charge on any atom is 0.0474 e. The number of nitrogens with one attached hydrogen (secondary N) is 1. The molecule has 0 saturated heterocycles. The Kier molecular flexibility index (Phi) is 3.74. The van der Waals surface area contributed by atoms with E-state index in [0.29, 0.717) is 18.6 Å². The van der Waals surface area contributed by atoms with Gasteiger partial charge in [-0.1, -0.05) is 12.8 Å². The fourth-order valence-corrected chi connectivity index (χ4v) is 2.17. The second-order valence-corrected chi connectivity index (χ2v) is 5.23. The second kappa shape index (κ2) is 4.43. The highest BCUT2D eigenvalue weighted by molar-refractivity contribution is 4.85. The third-order valence-corrected chi connectivity index (χ3v) is 2.76. The van der Waals surface area contributed by atoms with Crippen molar-refractivity contribution in [1.29, 1.82) is 0 Å². The molecule has 0 amide bonds. The van der Waals surface area contributed by atoms with Crippen molar-refractivity contribution in [3.8, 4) is 0 Å². The summed E-state index contributed by atoms with van der Waals surface area (Å²) in [7, 11) is 0. The average Bonchev–Trinajstić information content (AvgIpc) is 2.02. The van der Waals surface area contributed by atoms with E-state index in [-0.39, 0.29) is 5.54 Å². The topological polar surface area (TPSA) is 32.3 Å². The van der Waals surface area contributed by atoms with Gasteiger partial charge in [0.05, 0.1) is 0 Å². The molecule has 0 radical (unpaired) electrons. The molecule has 2 nitrogen and oxygen atoms in total. The number of rotatable bonds is 2. The normalized spacial score (nSPS) is 30.5. The Bertz CT molecular complexity index is 151. The molecule has 0 aromatic heterocycles. The molecule has 1 aliphatic carbocycles. The van der Waals surface area contributed by atoms with Gasteiger partial charge in [0.1, 0.15) is 0 Å². The van der Waals surface area contributed by atoms with E-state index in [0.717, 1.165) is 0 Å². The molecule has 0 aliphatic heterocycles. The first kappa shape index (κ1) is 11.0. The van der Waals surface area contributed by atoms with Crippen LogP contribution in [0.4, 0.5) is 0 Å². The summed E-state index contributed by atoms with van der Waals surface area (Å²) in [5.41, 5.74) is 0.176. The van der Waals surface area contributed by atoms with Crippen molar-refractivity contribution in [2.24, 2.45) is 5.92 Å². The van der Waals surface area contributed by atoms with E-state index in [1.165, 1.54) is 25.7 Å². The van der Waals surface area contributed by atoms with Crippen molar-refractivity contribution in [2.75, 3.05) is 6.61 Å². The summed E-state index contributed by atoms with van der Waals surface area (Å²) in [6, 6.07) is 0.527. The molecule has 0 spiro atoms. The lowest BCUT2D eigenvalue weighted by Crippen LogP contribution is -2.49. The minimum atomic E-state index is 0.176. The van der Waals surface area contributed by atoms with Crippen molar-refractivity contribution >= 4 is 0 Å². The molecule has 0 aromatic rings. The van der Waals surface area contributed by atoms with Crippen LogP contribution in [-0.2, 0) is 0 Å². The third-order valence-electron chi connectivity index (χ3n) is 2.76. The summed E-state index contributed by atoms with van der Waals surface area (Å²) in [5.74, 6) is 0.480. The number of aliphatic hydroxyl groups is 1. The Balaban J connectivity index is 2.45. The summed E-state index contributed by atoms with van der Waals surface area (Å²) in [6.07, 6.45) is 5.00. The van der Waals surface area contributed by atoms with Gasteiger partial charge >= 0.3 is 0 Å². The number of aliphatic hydroxyl groups excluding tert-OH is 1. The largest absolute Gasteiger partial charge is 0.396 e. The highest BCUT2D eigenvalue weighted by Gasteiger charge is 2.27. The lowest BCUT2D eigenvalue weighted by atomic mass is 9.84. The van der Waals surface area contributed by atoms with Crippen LogP contribution in [0.5, 0.6) is 0 Å². The van der Waals surface area contributed by atoms with E-state index >= 15 is 0 Å². The number of hydrogen-bond donors (Lipinski definition) is 2. The predicted octanol–water partition coefficient (Wildman–Crippen LogP) is 1.93. The van der Waals surface area contributed by atoms with Crippen LogP contribution in [0.3, 0.4) is 0 Å². The smallest absolute Gasteiger partial charge is 0.0474 e. The first-order valence-corrected chi connectivity index (χ1v) is 5.41. The van der Waals surface area contributed by atoms with Gasteiger partial charge in [-0.15, -0.1) is 0 Å². The van der Waals surface area contributed by atoms with Gasteiger partial charge in [-0.3, -0.25) is 0 Å². The Labute approximate surface area is 81.7 Å². The summed E-state index contributed by atoms with van der Waals surface area (Å²) in [4.78, 5) is 0. The van der Waals surface area contributed by atoms with E-state index in [1.54, 1.807) is 0 Å². The molecule has 13 heavy (non-hydrogen) atoms. The Hall–Kier alpha value is -0.0800. The van der Waals surface area contributed by atoms with Gasteiger partial charge in [0, 0.05) is 18.2 Å². The quantitative estimate of drug-likeness (QED) is 0.689. The van der Waals surface area contributed by atoms with Crippen molar-refractivity contribution < 1.29 is 5.11 Å². The third kappa shape index (κ3) is 3.65. The van der Waals surface area contributed by atoms with Crippen molar-refractivity contribution in [3.05, 3.63) is 0 Å². The first-order chi connectivity index (χ1) is 6.03. The fraction of sp³-hybridized carbons (Fsp3) is 1.00. The van der Waals surface area contributed by atoms with Gasteiger partial charge < -0.3 is 10.4 Å². The van der Waals surface area contributed by atoms with Crippen LogP contribution < -0.4 is 5.32 Å². The van der Waals surface area contributed by atoms with Gasteiger partial charge in [0.15, 0.2) is 0 Å². The summed E-state index contributed by atoms with van der Waals surface area (Å²) >= 11 is 0. The molecule has 0 heterocycles. The van der Waals surface area contributed by atoms with Crippen LogP contribution in [0.2, 0.25) is 0 Å². The van der Waals surface area contributed by atoms with E-state index < -0.39 is 0 Å². The summed E-state index contributed by atoms with van der Waals surface area (Å²) in [5, 5.41) is 12.8. The van der Waals surface area contributed by atoms with Crippen LogP contribution in [0.1, 0.15) is 46.5 Å². The molecular formula is C11H23NO. The van der Waals surface area contributed by atoms with Crippen LogP contribution in [0.15, 0.2) is 0 Å². The summed E-state index contributed by atoms with van der Waals surface area (Å²) < 4.78 is 0. The van der Waals surface area contributed by atoms with Gasteiger partial charge in [0.2, 0.25) is 0 Å². The monoisotopic (exact) mass is 185 g/mol. The minimum absolute atomic E-state index is 0.176. The van der Waals surface area contributed by atoms with Gasteiger partial charge in [-0.25, -0.2) is 0 Å². The van der Waals surface area contributed by atoms with E-state index in [2.05, 4.69) is 26.1 Å². The standard InChI is InChI=1S/C11H23NO/c1-11(2,3)12-10-7-5-4-6-9(10)8-13/h9-10,12-13H,4-8H2,1-3H3. The van der Waals surface area contributed by atoms with Gasteiger partial charge in [-0.05, 0) is 39.5 Å². The van der Waals surface area contributed by atoms with Crippen LogP contribution in [0, 0.1) is 5.92 Å². The first-order valence-electron chi connectivity index (χ1n) is 5.41. The maximum atomic E-state index is 9.22. The maximum absolute atomic E-state index is 9.22. The zero-order valence-corrected chi connectivity index (χ0v) is 9.14. The molecule has 1 rings (SSSR count). The molecule has 78 valence electrons. The Morgan fingerprint density at radius 3 is 2.38 bits per heavy atom. The molecule has 0 bridgehead atoms. The molecule has 2 N–H and O–H groups in total. The predicted molar refractivity (Wildman–Crippen MR) is 55.7 cm³/mol. The Morgan fingerprint density at radius 1 is 1.23 bits per heavy atom. The van der Waals surface area contributed by atoms with Crippen LogP contribution in [0.25, 0.3) is 0 Å². The highest BCUT2D eigenvalue weighted by atomic mass is 16.3. The SMILES string of the molecule is CC(C)(C)NC1CCCCC1CO. The van der Waals surface area contributed by atoms with Crippen molar-refractivity contribution in [1.82, 2.24) is 5.32 Å². The zero-order valence-electron chi connectivity index (χ0n) is 9.14. The zero-order chi connectivity index (χ0) is 9.90. The van der Waals surface area contributed by atoms with E-state index in [1.807, 2.05) is 0 Å². The van der Waals surface area contributed by atoms with E-state index in [4.69, 9.17) is 0 Å². The molecule has 2 atom stereocenters. The van der Waals surface area contributed by atoms with Crippen LogP contribution >= 0.6 is 0 Å². The fourth-order valence-electron chi connectivity index (χ4n) is 2.17. The average molecular weight is 185 g/mol. The van der Waals surface area contributed by atoms with Crippen molar-refractivity contribution in [2.45, 2.75) is 58.0 Å². The molecule has 0 aromatic carbocycles. The molecule has 1 saturated carbocycles. The minimum Gasteiger partial charge on any atom is -0.396 e. The van der Waals surface area contributed by atoms with E-state index in [9.17, 15) is 5.11 Å². The van der Waals surface area contributed by atoms with Gasteiger partial charge in [-0.2, -0.15) is 0 Å². The second-order valence-electron chi connectivity index (χ2n) is 5.23. The molecule has 1 aliphatic rings. The van der Waals surface area contributed by atoms with Gasteiger partial charge in [0.25, 0.3) is 0 Å². The van der Waals surface area contributed by atoms with Crippen molar-refractivity contribution in [3.63, 3.8) is 0 Å². The molecule has 1 fully saturated rings. The highest BCUT2D eigenvalue weighted by Crippen LogP contribution is 2.25. The summed E-state index contributed by atoms with van der Waals surface area (Å²) in [6.45, 7) is 6.91.